The van der Waals surface area contributed by atoms with Gasteiger partial charge in [0.15, 0.2) is 6.10 Å². The zero-order valence-corrected chi connectivity index (χ0v) is 21.3. The summed E-state index contributed by atoms with van der Waals surface area (Å²) in [6.07, 6.45) is -0.0394. The summed E-state index contributed by atoms with van der Waals surface area (Å²) in [6.45, 7) is 3.49. The van der Waals surface area contributed by atoms with E-state index < -0.39 is 12.1 Å². The van der Waals surface area contributed by atoms with E-state index in [1.165, 1.54) is 24.3 Å². The van der Waals surface area contributed by atoms with E-state index in [1.807, 2.05) is 30.3 Å². The third-order valence-corrected chi connectivity index (χ3v) is 5.58. The average molecular weight is 525 g/mol. The van der Waals surface area contributed by atoms with E-state index in [0.29, 0.717) is 44.2 Å². The van der Waals surface area contributed by atoms with Crippen molar-refractivity contribution in [2.24, 2.45) is 0 Å². The summed E-state index contributed by atoms with van der Waals surface area (Å²) < 4.78 is 30.1. The standard InChI is InChI=1S/C29H33FN2O6/c1-2-36-27(28(33)34)21-22-9-15-26(16-10-22)38-20-18-32(17-6-19-37-25-7-4-3-5-8-25)29(35)31-24-13-11-23(30)12-14-24/h3-5,7-16,27H,2,6,17-21H2,1H3,(H,31,35)(H,33,34). The first-order valence-electron chi connectivity index (χ1n) is 12.5. The van der Waals surface area contributed by atoms with Crippen LogP contribution in [0.4, 0.5) is 14.9 Å². The molecule has 9 heteroatoms. The number of carbonyl (C=O) groups excluding carboxylic acids is 1. The van der Waals surface area contributed by atoms with Crippen LogP contribution in [0.15, 0.2) is 78.9 Å². The van der Waals surface area contributed by atoms with Gasteiger partial charge in [-0.1, -0.05) is 30.3 Å². The lowest BCUT2D eigenvalue weighted by Gasteiger charge is -2.23. The summed E-state index contributed by atoms with van der Waals surface area (Å²) in [4.78, 5) is 25.8. The van der Waals surface area contributed by atoms with Gasteiger partial charge >= 0.3 is 12.0 Å². The molecule has 202 valence electrons. The Balaban J connectivity index is 1.53. The summed E-state index contributed by atoms with van der Waals surface area (Å²) >= 11 is 0. The maximum absolute atomic E-state index is 13.2. The molecule has 0 bridgehead atoms. The first-order valence-corrected chi connectivity index (χ1v) is 12.5. The van der Waals surface area contributed by atoms with Gasteiger partial charge in [-0.05, 0) is 67.4 Å². The number of aliphatic carboxylic acids is 1. The third kappa shape index (κ3) is 9.74. The van der Waals surface area contributed by atoms with Gasteiger partial charge in [-0.2, -0.15) is 0 Å². The van der Waals surface area contributed by atoms with Gasteiger partial charge in [0.1, 0.15) is 23.9 Å². The fraction of sp³-hybridized carbons (Fsp3) is 0.310. The summed E-state index contributed by atoms with van der Waals surface area (Å²) in [5, 5.41) is 12.0. The number of carbonyl (C=O) groups is 2. The number of rotatable bonds is 15. The van der Waals surface area contributed by atoms with Crippen LogP contribution in [0.1, 0.15) is 18.9 Å². The molecule has 0 aliphatic heterocycles. The van der Waals surface area contributed by atoms with Crippen LogP contribution in [-0.4, -0.2) is 61.0 Å². The molecule has 3 aromatic rings. The number of hydrogen-bond acceptors (Lipinski definition) is 5. The Morgan fingerprint density at radius 3 is 2.21 bits per heavy atom. The normalized spacial score (nSPS) is 11.4. The SMILES string of the molecule is CCOC(Cc1ccc(OCCN(CCCOc2ccccc2)C(=O)Nc2ccc(F)cc2)cc1)C(=O)O. The van der Waals surface area contributed by atoms with Crippen molar-refractivity contribution in [3.05, 3.63) is 90.2 Å². The molecule has 1 unspecified atom stereocenters. The smallest absolute Gasteiger partial charge is 0.333 e. The van der Waals surface area contributed by atoms with Crippen LogP contribution in [0.5, 0.6) is 11.5 Å². The summed E-state index contributed by atoms with van der Waals surface area (Å²) in [5.41, 5.74) is 1.31. The molecule has 0 heterocycles. The number of benzene rings is 3. The van der Waals surface area contributed by atoms with Crippen molar-refractivity contribution < 1.29 is 33.3 Å². The Bertz CT molecular complexity index is 1130. The van der Waals surface area contributed by atoms with Crippen molar-refractivity contribution in [1.29, 1.82) is 0 Å². The topological polar surface area (TPSA) is 97.3 Å². The molecule has 1 atom stereocenters. The fourth-order valence-electron chi connectivity index (χ4n) is 3.64. The number of hydrogen-bond donors (Lipinski definition) is 2. The Morgan fingerprint density at radius 2 is 1.55 bits per heavy atom. The number of nitrogens with zero attached hydrogens (tertiary/aromatic N) is 1. The number of amides is 2. The molecule has 0 fully saturated rings. The van der Waals surface area contributed by atoms with E-state index in [9.17, 15) is 19.1 Å². The van der Waals surface area contributed by atoms with Gasteiger partial charge in [0, 0.05) is 25.3 Å². The molecule has 0 spiro atoms. The second-order valence-corrected chi connectivity index (χ2v) is 8.42. The van der Waals surface area contributed by atoms with Gasteiger partial charge in [0.25, 0.3) is 0 Å². The molecule has 0 aliphatic carbocycles. The minimum Gasteiger partial charge on any atom is -0.494 e. The third-order valence-electron chi connectivity index (χ3n) is 5.58. The number of ether oxygens (including phenoxy) is 3. The van der Waals surface area contributed by atoms with Gasteiger partial charge in [0.2, 0.25) is 0 Å². The second-order valence-electron chi connectivity index (χ2n) is 8.42. The molecule has 2 N–H and O–H groups in total. The lowest BCUT2D eigenvalue weighted by molar-refractivity contribution is -0.149. The van der Waals surface area contributed by atoms with Crippen LogP contribution in [0.25, 0.3) is 0 Å². The minimum absolute atomic E-state index is 0.242. The molecule has 8 nitrogen and oxygen atoms in total. The number of anilines is 1. The van der Waals surface area contributed by atoms with Crippen LogP contribution in [0.3, 0.4) is 0 Å². The average Bonchev–Trinajstić information content (AvgIpc) is 2.92. The predicted molar refractivity (Wildman–Crippen MR) is 142 cm³/mol. The van der Waals surface area contributed by atoms with Gasteiger partial charge in [-0.25, -0.2) is 14.0 Å². The van der Waals surface area contributed by atoms with Crippen LogP contribution in [0, 0.1) is 5.82 Å². The number of carboxylic acid groups (broad SMARTS) is 1. The van der Waals surface area contributed by atoms with Crippen molar-refractivity contribution in [3.63, 3.8) is 0 Å². The quantitative estimate of drug-likeness (QED) is 0.264. The summed E-state index contributed by atoms with van der Waals surface area (Å²) in [5.74, 6) is -0.0186. The summed E-state index contributed by atoms with van der Waals surface area (Å²) in [6, 6.07) is 21.8. The second kappa shape index (κ2) is 15.2. The Hall–Kier alpha value is -4.11. The van der Waals surface area contributed by atoms with E-state index in [-0.39, 0.29) is 24.9 Å². The van der Waals surface area contributed by atoms with Crippen molar-refractivity contribution in [1.82, 2.24) is 4.90 Å². The number of urea groups is 1. The van der Waals surface area contributed by atoms with Gasteiger partial charge in [-0.15, -0.1) is 0 Å². The summed E-state index contributed by atoms with van der Waals surface area (Å²) in [7, 11) is 0. The highest BCUT2D eigenvalue weighted by molar-refractivity contribution is 5.89. The highest BCUT2D eigenvalue weighted by atomic mass is 19.1. The number of nitrogens with one attached hydrogen (secondary N) is 1. The number of carboxylic acids is 1. The lowest BCUT2D eigenvalue weighted by atomic mass is 10.1. The van der Waals surface area contributed by atoms with E-state index in [1.54, 1.807) is 36.1 Å². The fourth-order valence-corrected chi connectivity index (χ4v) is 3.64. The molecule has 3 rings (SSSR count). The molecular formula is C29H33FN2O6. The molecular weight excluding hydrogens is 491 g/mol. The molecule has 0 aliphatic rings. The highest BCUT2D eigenvalue weighted by Crippen LogP contribution is 2.15. The zero-order chi connectivity index (χ0) is 27.2. The van der Waals surface area contributed by atoms with E-state index in [2.05, 4.69) is 5.32 Å². The molecule has 3 aromatic carbocycles. The van der Waals surface area contributed by atoms with E-state index in [0.717, 1.165) is 11.3 Å². The Morgan fingerprint density at radius 1 is 0.895 bits per heavy atom. The van der Waals surface area contributed by atoms with E-state index in [4.69, 9.17) is 14.2 Å². The molecule has 0 saturated heterocycles. The minimum atomic E-state index is -1.000. The molecule has 2 amide bonds. The number of para-hydroxylation sites is 1. The molecule has 0 radical (unpaired) electrons. The van der Waals surface area contributed by atoms with Crippen LogP contribution in [0.2, 0.25) is 0 Å². The monoisotopic (exact) mass is 524 g/mol. The van der Waals surface area contributed by atoms with Gasteiger partial charge < -0.3 is 29.5 Å². The van der Waals surface area contributed by atoms with Gasteiger partial charge in [-0.3, -0.25) is 0 Å². The predicted octanol–water partition coefficient (Wildman–Crippen LogP) is 5.24. The van der Waals surface area contributed by atoms with Crippen molar-refractivity contribution in [3.8, 4) is 11.5 Å². The van der Waals surface area contributed by atoms with Crippen LogP contribution in [-0.2, 0) is 16.0 Å². The molecule has 0 saturated carbocycles. The van der Waals surface area contributed by atoms with Crippen LogP contribution >= 0.6 is 0 Å². The highest BCUT2D eigenvalue weighted by Gasteiger charge is 2.18. The Kier molecular flexibility index (Phi) is 11.4. The maximum Gasteiger partial charge on any atom is 0.333 e. The first-order chi connectivity index (χ1) is 18.4. The number of halogens is 1. The van der Waals surface area contributed by atoms with Crippen molar-refractivity contribution in [2.45, 2.75) is 25.9 Å². The maximum atomic E-state index is 13.2. The van der Waals surface area contributed by atoms with Crippen molar-refractivity contribution >= 4 is 17.7 Å². The molecule has 38 heavy (non-hydrogen) atoms. The first kappa shape index (κ1) is 28.5. The largest absolute Gasteiger partial charge is 0.494 e. The van der Waals surface area contributed by atoms with E-state index >= 15 is 0 Å². The Labute approximate surface area is 221 Å². The van der Waals surface area contributed by atoms with Crippen molar-refractivity contribution in [2.75, 3.05) is 38.2 Å². The van der Waals surface area contributed by atoms with Crippen LogP contribution < -0.4 is 14.8 Å². The van der Waals surface area contributed by atoms with Gasteiger partial charge in [0.05, 0.1) is 13.2 Å². The lowest BCUT2D eigenvalue weighted by Crippen LogP contribution is -2.39. The molecule has 0 aromatic heterocycles. The zero-order valence-electron chi connectivity index (χ0n) is 21.3.